The SMILES string of the molecule is Clc1cc2c(s1)CCCC2NCC1(C2CC2)CC1. The van der Waals surface area contributed by atoms with Gasteiger partial charge in [-0.3, -0.25) is 0 Å². The van der Waals surface area contributed by atoms with Crippen LogP contribution in [0, 0.1) is 11.3 Å². The minimum atomic E-state index is 0.578. The lowest BCUT2D eigenvalue weighted by atomic mass is 9.92. The summed E-state index contributed by atoms with van der Waals surface area (Å²) in [5.41, 5.74) is 2.21. The van der Waals surface area contributed by atoms with Crippen molar-refractivity contribution in [2.75, 3.05) is 6.54 Å². The van der Waals surface area contributed by atoms with Crippen LogP contribution in [0.1, 0.15) is 55.0 Å². The third-order valence-corrected chi connectivity index (χ3v) is 6.46. The Morgan fingerprint density at radius 1 is 1.33 bits per heavy atom. The summed E-state index contributed by atoms with van der Waals surface area (Å²) in [6, 6.07) is 2.78. The molecule has 3 heteroatoms. The molecule has 1 heterocycles. The molecule has 3 aliphatic rings. The molecule has 1 nitrogen and oxygen atoms in total. The van der Waals surface area contributed by atoms with Crippen LogP contribution in [0.15, 0.2) is 6.07 Å². The van der Waals surface area contributed by atoms with Crippen molar-refractivity contribution in [1.29, 1.82) is 0 Å². The first-order chi connectivity index (χ1) is 8.77. The first-order valence-corrected chi connectivity index (χ1v) is 8.48. The molecule has 1 aromatic heterocycles. The molecule has 0 bridgehead atoms. The summed E-state index contributed by atoms with van der Waals surface area (Å²) in [5, 5.41) is 3.86. The fourth-order valence-electron chi connectivity index (χ4n) is 3.65. The Morgan fingerprint density at radius 2 is 2.17 bits per heavy atom. The molecule has 4 rings (SSSR count). The lowest BCUT2D eigenvalue weighted by Crippen LogP contribution is -2.31. The summed E-state index contributed by atoms with van der Waals surface area (Å²) in [5.74, 6) is 1.05. The van der Waals surface area contributed by atoms with Crippen LogP contribution >= 0.6 is 22.9 Å². The van der Waals surface area contributed by atoms with Gasteiger partial charge in [0.25, 0.3) is 0 Å². The topological polar surface area (TPSA) is 12.0 Å². The summed E-state index contributed by atoms with van der Waals surface area (Å²) in [4.78, 5) is 1.53. The van der Waals surface area contributed by atoms with Gasteiger partial charge in [0.05, 0.1) is 4.34 Å². The molecule has 0 saturated heterocycles. The van der Waals surface area contributed by atoms with E-state index in [1.165, 1.54) is 61.9 Å². The highest BCUT2D eigenvalue weighted by molar-refractivity contribution is 7.16. The molecule has 1 aromatic rings. The van der Waals surface area contributed by atoms with Crippen LogP contribution in [-0.2, 0) is 6.42 Å². The first-order valence-electron chi connectivity index (χ1n) is 7.28. The second kappa shape index (κ2) is 4.22. The molecule has 2 saturated carbocycles. The maximum absolute atomic E-state index is 6.17. The maximum Gasteiger partial charge on any atom is 0.0934 e. The van der Waals surface area contributed by atoms with E-state index >= 15 is 0 Å². The molecule has 98 valence electrons. The highest BCUT2D eigenvalue weighted by Crippen LogP contribution is 2.61. The number of nitrogens with one attached hydrogen (secondary N) is 1. The zero-order valence-electron chi connectivity index (χ0n) is 10.7. The van der Waals surface area contributed by atoms with Gasteiger partial charge in [0.2, 0.25) is 0 Å². The van der Waals surface area contributed by atoms with E-state index in [-0.39, 0.29) is 0 Å². The molecule has 2 fully saturated rings. The van der Waals surface area contributed by atoms with Crippen LogP contribution in [0.25, 0.3) is 0 Å². The third kappa shape index (κ3) is 2.03. The smallest absolute Gasteiger partial charge is 0.0934 e. The van der Waals surface area contributed by atoms with Crippen LogP contribution in [0.4, 0.5) is 0 Å². The predicted octanol–water partition coefficient (Wildman–Crippen LogP) is 4.56. The van der Waals surface area contributed by atoms with E-state index in [0.717, 1.165) is 10.3 Å². The monoisotopic (exact) mass is 281 g/mol. The molecular weight excluding hydrogens is 262 g/mol. The summed E-state index contributed by atoms with van der Waals surface area (Å²) >= 11 is 7.96. The van der Waals surface area contributed by atoms with Gasteiger partial charge >= 0.3 is 0 Å². The minimum absolute atomic E-state index is 0.578. The molecule has 0 aromatic carbocycles. The zero-order chi connectivity index (χ0) is 12.2. The number of hydrogen-bond acceptors (Lipinski definition) is 2. The second-order valence-corrected chi connectivity index (χ2v) is 8.16. The molecule has 0 amide bonds. The molecule has 1 unspecified atom stereocenters. The van der Waals surface area contributed by atoms with E-state index < -0.39 is 0 Å². The summed E-state index contributed by atoms with van der Waals surface area (Å²) < 4.78 is 0.969. The van der Waals surface area contributed by atoms with Gasteiger partial charge in [-0.15, -0.1) is 11.3 Å². The van der Waals surface area contributed by atoms with Gasteiger partial charge in [-0.05, 0) is 67.9 Å². The van der Waals surface area contributed by atoms with Gasteiger partial charge in [-0.1, -0.05) is 11.6 Å². The number of thiophene rings is 1. The fraction of sp³-hybridized carbons (Fsp3) is 0.733. The van der Waals surface area contributed by atoms with Gasteiger partial charge in [-0.25, -0.2) is 0 Å². The Kier molecular flexibility index (Phi) is 2.76. The van der Waals surface area contributed by atoms with Crippen molar-refractivity contribution in [2.45, 2.75) is 51.0 Å². The van der Waals surface area contributed by atoms with Crippen molar-refractivity contribution in [3.63, 3.8) is 0 Å². The highest BCUT2D eigenvalue weighted by Gasteiger charge is 2.53. The number of aryl methyl sites for hydroxylation is 1. The zero-order valence-corrected chi connectivity index (χ0v) is 12.2. The van der Waals surface area contributed by atoms with Crippen LogP contribution in [0.3, 0.4) is 0 Å². The largest absolute Gasteiger partial charge is 0.309 e. The first kappa shape index (κ1) is 11.7. The standard InChI is InChI=1S/C15H20ClNS/c16-14-8-11-12(2-1-3-13(11)18-14)17-9-15(6-7-15)10-4-5-10/h8,10,12,17H,1-7,9H2. The molecule has 0 aliphatic heterocycles. The normalized spacial score (nSPS) is 29.1. The predicted molar refractivity (Wildman–Crippen MR) is 77.4 cm³/mol. The van der Waals surface area contributed by atoms with E-state index in [0.29, 0.717) is 11.5 Å². The van der Waals surface area contributed by atoms with Gasteiger partial charge in [0.15, 0.2) is 0 Å². The van der Waals surface area contributed by atoms with E-state index in [4.69, 9.17) is 11.6 Å². The fourth-order valence-corrected chi connectivity index (χ4v) is 5.03. The van der Waals surface area contributed by atoms with Gasteiger partial charge in [-0.2, -0.15) is 0 Å². The highest BCUT2D eigenvalue weighted by atomic mass is 35.5. The molecule has 1 N–H and O–H groups in total. The van der Waals surface area contributed by atoms with Crippen molar-refractivity contribution in [1.82, 2.24) is 5.32 Å². The maximum atomic E-state index is 6.17. The Hall–Kier alpha value is -0.0500. The van der Waals surface area contributed by atoms with Crippen LogP contribution in [0.5, 0.6) is 0 Å². The Balaban J connectivity index is 1.46. The van der Waals surface area contributed by atoms with Gasteiger partial charge in [0.1, 0.15) is 0 Å². The van der Waals surface area contributed by atoms with Crippen molar-refractivity contribution < 1.29 is 0 Å². The lowest BCUT2D eigenvalue weighted by Gasteiger charge is -2.26. The third-order valence-electron chi connectivity index (χ3n) is 5.12. The lowest BCUT2D eigenvalue weighted by molar-refractivity contribution is 0.357. The Bertz CT molecular complexity index is 459. The average molecular weight is 282 g/mol. The number of fused-ring (bicyclic) bond motifs is 1. The number of rotatable bonds is 4. The molecule has 0 spiro atoms. The van der Waals surface area contributed by atoms with Crippen molar-refractivity contribution in [3.8, 4) is 0 Å². The summed E-state index contributed by atoms with van der Waals surface area (Å²) in [7, 11) is 0. The van der Waals surface area contributed by atoms with Crippen LogP contribution in [-0.4, -0.2) is 6.54 Å². The van der Waals surface area contributed by atoms with Crippen LogP contribution in [0.2, 0.25) is 4.34 Å². The molecule has 18 heavy (non-hydrogen) atoms. The van der Waals surface area contributed by atoms with Crippen LogP contribution < -0.4 is 5.32 Å². The van der Waals surface area contributed by atoms with E-state index in [1.54, 1.807) is 11.3 Å². The average Bonchev–Trinajstić information content (AvgIpc) is 3.22. The van der Waals surface area contributed by atoms with Crippen molar-refractivity contribution in [2.24, 2.45) is 11.3 Å². The molecule has 0 radical (unpaired) electrons. The molecule has 1 atom stereocenters. The Morgan fingerprint density at radius 3 is 2.89 bits per heavy atom. The van der Waals surface area contributed by atoms with E-state index in [2.05, 4.69) is 11.4 Å². The number of hydrogen-bond donors (Lipinski definition) is 1. The van der Waals surface area contributed by atoms with Gasteiger partial charge < -0.3 is 5.32 Å². The van der Waals surface area contributed by atoms with E-state index in [9.17, 15) is 0 Å². The summed E-state index contributed by atoms with van der Waals surface area (Å²) in [6.07, 6.45) is 9.75. The Labute approximate surface area is 118 Å². The molecule has 3 aliphatic carbocycles. The van der Waals surface area contributed by atoms with E-state index in [1.807, 2.05) is 0 Å². The molecular formula is C15H20ClNS. The quantitative estimate of drug-likeness (QED) is 0.853. The minimum Gasteiger partial charge on any atom is -0.309 e. The number of halogens is 1. The second-order valence-electron chi connectivity index (χ2n) is 6.39. The summed E-state index contributed by atoms with van der Waals surface area (Å²) in [6.45, 7) is 1.25. The van der Waals surface area contributed by atoms with Crippen molar-refractivity contribution in [3.05, 3.63) is 20.8 Å². The van der Waals surface area contributed by atoms with Crippen molar-refractivity contribution >= 4 is 22.9 Å². The van der Waals surface area contributed by atoms with Gasteiger partial charge in [0, 0.05) is 17.5 Å².